The molecule has 0 saturated heterocycles. The fraction of sp³-hybridized carbons (Fsp3) is 0.722. The summed E-state index contributed by atoms with van der Waals surface area (Å²) in [5, 5.41) is 0. The lowest BCUT2D eigenvalue weighted by molar-refractivity contribution is -0.150. The Morgan fingerprint density at radius 1 is 1.00 bits per heavy atom. The maximum absolute atomic E-state index is 11.5. The fourth-order valence-electron chi connectivity index (χ4n) is 2.08. The minimum Gasteiger partial charge on any atom is -0.435 e. The molecule has 0 atom stereocenters. The van der Waals surface area contributed by atoms with E-state index in [4.69, 9.17) is 9.47 Å². The van der Waals surface area contributed by atoms with Gasteiger partial charge in [0.05, 0.1) is 6.61 Å². The van der Waals surface area contributed by atoms with Crippen LogP contribution in [0.3, 0.4) is 0 Å². The van der Waals surface area contributed by atoms with Crippen LogP contribution in [0.4, 0.5) is 0 Å². The van der Waals surface area contributed by atoms with Crippen LogP contribution in [-0.2, 0) is 14.3 Å². The Morgan fingerprint density at radius 3 is 2.14 bits per heavy atom. The molecule has 0 heterocycles. The lowest BCUT2D eigenvalue weighted by Crippen LogP contribution is -2.10. The second kappa shape index (κ2) is 15.3. The van der Waals surface area contributed by atoms with Gasteiger partial charge < -0.3 is 9.47 Å². The molecule has 0 spiro atoms. The van der Waals surface area contributed by atoms with E-state index in [2.05, 4.69) is 20.1 Å². The number of esters is 1. The Balaban J connectivity index is 3.36. The van der Waals surface area contributed by atoms with Gasteiger partial charge in [-0.3, -0.25) is 0 Å². The zero-order chi connectivity index (χ0) is 15.8. The second-order valence-electron chi connectivity index (χ2n) is 5.39. The van der Waals surface area contributed by atoms with Crippen LogP contribution in [0.1, 0.15) is 71.1 Å². The molecule has 0 saturated carbocycles. The van der Waals surface area contributed by atoms with E-state index < -0.39 is 0 Å². The summed E-state index contributed by atoms with van der Waals surface area (Å²) in [6.45, 7) is 9.89. The average molecular weight is 296 g/mol. The van der Waals surface area contributed by atoms with E-state index in [0.717, 1.165) is 19.3 Å². The molecule has 0 bridgehead atoms. The van der Waals surface area contributed by atoms with Gasteiger partial charge in [0.2, 0.25) is 0 Å². The molecule has 0 aromatic carbocycles. The molecule has 0 aliphatic carbocycles. The minimum atomic E-state index is -0.348. The zero-order valence-corrected chi connectivity index (χ0v) is 13.7. The highest BCUT2D eigenvalue weighted by molar-refractivity contribution is 5.87. The van der Waals surface area contributed by atoms with Crippen LogP contribution >= 0.6 is 0 Å². The highest BCUT2D eigenvalue weighted by Crippen LogP contribution is 2.13. The SMILES string of the molecule is C=CCOCOC(=O)C(=C)CCCCCCCCCCC. The molecule has 0 amide bonds. The van der Waals surface area contributed by atoms with Gasteiger partial charge in [-0.1, -0.05) is 70.9 Å². The van der Waals surface area contributed by atoms with Crippen LogP contribution in [0, 0.1) is 0 Å². The first kappa shape index (κ1) is 19.9. The normalized spacial score (nSPS) is 10.3. The maximum atomic E-state index is 11.5. The van der Waals surface area contributed by atoms with E-state index in [0.29, 0.717) is 12.2 Å². The van der Waals surface area contributed by atoms with Crippen molar-refractivity contribution in [2.45, 2.75) is 71.1 Å². The standard InChI is InChI=1S/C18H32O3/c1-4-6-7-8-9-10-11-12-13-14-17(3)18(19)21-16-20-15-5-2/h5H,2-4,6-16H2,1H3. The smallest absolute Gasteiger partial charge is 0.335 e. The summed E-state index contributed by atoms with van der Waals surface area (Å²) in [5.41, 5.74) is 0.542. The molecule has 0 fully saturated rings. The van der Waals surface area contributed by atoms with Crippen molar-refractivity contribution in [3.63, 3.8) is 0 Å². The third kappa shape index (κ3) is 13.6. The van der Waals surface area contributed by atoms with Crippen molar-refractivity contribution in [2.75, 3.05) is 13.4 Å². The van der Waals surface area contributed by atoms with Crippen LogP contribution in [-0.4, -0.2) is 19.4 Å². The van der Waals surface area contributed by atoms with Gasteiger partial charge >= 0.3 is 5.97 Å². The Hall–Kier alpha value is -1.09. The van der Waals surface area contributed by atoms with Gasteiger partial charge in [-0.15, -0.1) is 6.58 Å². The molecule has 0 aromatic rings. The summed E-state index contributed by atoms with van der Waals surface area (Å²) >= 11 is 0. The lowest BCUT2D eigenvalue weighted by Gasteiger charge is -2.07. The van der Waals surface area contributed by atoms with Gasteiger partial charge in [-0.25, -0.2) is 4.79 Å². The molecule has 0 aliphatic rings. The Bertz CT molecular complexity index is 284. The van der Waals surface area contributed by atoms with Crippen molar-refractivity contribution < 1.29 is 14.3 Å². The maximum Gasteiger partial charge on any atom is 0.335 e. The number of ether oxygens (including phenoxy) is 2. The molecule has 0 rings (SSSR count). The molecule has 0 N–H and O–H groups in total. The highest BCUT2D eigenvalue weighted by Gasteiger charge is 2.07. The van der Waals surface area contributed by atoms with Crippen LogP contribution in [0.15, 0.2) is 24.8 Å². The summed E-state index contributed by atoms with van der Waals surface area (Å²) in [6.07, 6.45) is 13.8. The van der Waals surface area contributed by atoms with Crippen molar-refractivity contribution in [1.29, 1.82) is 0 Å². The Morgan fingerprint density at radius 2 is 1.57 bits per heavy atom. The van der Waals surface area contributed by atoms with Gasteiger partial charge in [0.1, 0.15) is 0 Å². The largest absolute Gasteiger partial charge is 0.435 e. The van der Waals surface area contributed by atoms with Gasteiger partial charge in [-0.2, -0.15) is 0 Å². The molecule has 0 unspecified atom stereocenters. The molecular weight excluding hydrogens is 264 g/mol. The minimum absolute atomic E-state index is 0.0262. The van der Waals surface area contributed by atoms with E-state index >= 15 is 0 Å². The molecule has 122 valence electrons. The summed E-state index contributed by atoms with van der Waals surface area (Å²) in [4.78, 5) is 11.5. The number of hydrogen-bond donors (Lipinski definition) is 0. The molecule has 0 aromatic heterocycles. The van der Waals surface area contributed by atoms with E-state index in [1.807, 2.05) is 0 Å². The van der Waals surface area contributed by atoms with Crippen molar-refractivity contribution in [3.05, 3.63) is 24.8 Å². The number of carbonyl (C=O) groups is 1. The number of unbranched alkanes of at least 4 members (excludes halogenated alkanes) is 8. The quantitative estimate of drug-likeness (QED) is 0.137. The first-order chi connectivity index (χ1) is 10.2. The first-order valence-electron chi connectivity index (χ1n) is 8.25. The average Bonchev–Trinajstić information content (AvgIpc) is 2.49. The monoisotopic (exact) mass is 296 g/mol. The molecule has 3 nitrogen and oxygen atoms in total. The number of hydrogen-bond acceptors (Lipinski definition) is 3. The van der Waals surface area contributed by atoms with Gasteiger partial charge in [-0.05, 0) is 12.8 Å². The van der Waals surface area contributed by atoms with E-state index in [1.54, 1.807) is 6.08 Å². The molecule has 0 aliphatic heterocycles. The summed E-state index contributed by atoms with van der Waals surface area (Å²) in [5.74, 6) is -0.348. The predicted molar refractivity (Wildman–Crippen MR) is 88.1 cm³/mol. The molecule has 3 heteroatoms. The van der Waals surface area contributed by atoms with Gasteiger partial charge in [0, 0.05) is 5.57 Å². The van der Waals surface area contributed by atoms with Crippen LogP contribution in [0.5, 0.6) is 0 Å². The summed E-state index contributed by atoms with van der Waals surface area (Å²) < 4.78 is 9.93. The molecule has 0 radical (unpaired) electrons. The second-order valence-corrected chi connectivity index (χ2v) is 5.39. The first-order valence-corrected chi connectivity index (χ1v) is 8.25. The van der Waals surface area contributed by atoms with Gasteiger partial charge in [0.15, 0.2) is 6.79 Å². The summed E-state index contributed by atoms with van der Waals surface area (Å²) in [7, 11) is 0. The molecular formula is C18H32O3. The third-order valence-corrected chi connectivity index (χ3v) is 3.38. The number of carbonyl (C=O) groups excluding carboxylic acids is 1. The van der Waals surface area contributed by atoms with E-state index in [-0.39, 0.29) is 12.8 Å². The molecule has 21 heavy (non-hydrogen) atoms. The Labute approximate surface area is 130 Å². The van der Waals surface area contributed by atoms with Crippen molar-refractivity contribution in [3.8, 4) is 0 Å². The summed E-state index contributed by atoms with van der Waals surface area (Å²) in [6, 6.07) is 0. The van der Waals surface area contributed by atoms with Crippen molar-refractivity contribution in [1.82, 2.24) is 0 Å². The highest BCUT2D eigenvalue weighted by atomic mass is 16.7. The third-order valence-electron chi connectivity index (χ3n) is 3.38. The lowest BCUT2D eigenvalue weighted by atomic mass is 10.0. The number of rotatable bonds is 15. The fourth-order valence-corrected chi connectivity index (χ4v) is 2.08. The van der Waals surface area contributed by atoms with E-state index in [1.165, 1.54) is 44.9 Å². The van der Waals surface area contributed by atoms with Crippen LogP contribution < -0.4 is 0 Å². The topological polar surface area (TPSA) is 35.5 Å². The van der Waals surface area contributed by atoms with E-state index in [9.17, 15) is 4.79 Å². The Kier molecular flexibility index (Phi) is 14.5. The van der Waals surface area contributed by atoms with Crippen molar-refractivity contribution >= 4 is 5.97 Å². The van der Waals surface area contributed by atoms with Crippen molar-refractivity contribution in [2.24, 2.45) is 0 Å². The predicted octanol–water partition coefficient (Wildman–Crippen LogP) is 5.17. The van der Waals surface area contributed by atoms with Gasteiger partial charge in [0.25, 0.3) is 0 Å². The van der Waals surface area contributed by atoms with Crippen LogP contribution in [0.2, 0.25) is 0 Å². The van der Waals surface area contributed by atoms with Crippen LogP contribution in [0.25, 0.3) is 0 Å². The zero-order valence-electron chi connectivity index (χ0n) is 13.7.